The van der Waals surface area contributed by atoms with Crippen LogP contribution in [0.15, 0.2) is 56.7 Å². The Balaban J connectivity index is 2.26. The summed E-state index contributed by atoms with van der Waals surface area (Å²) in [5, 5.41) is 10.6. The molecule has 0 aliphatic carbocycles. The number of nitrogens with zero attached hydrogens (tertiary/aromatic N) is 1. The van der Waals surface area contributed by atoms with E-state index in [1.807, 2.05) is 5.40 Å². The van der Waals surface area contributed by atoms with Gasteiger partial charge >= 0.3 is 0 Å². The third-order valence-corrected chi connectivity index (χ3v) is 5.34. The summed E-state index contributed by atoms with van der Waals surface area (Å²) in [5.41, 5.74) is 0.401. The van der Waals surface area contributed by atoms with Gasteiger partial charge in [-0.25, -0.2) is 8.42 Å². The number of methoxy groups -OCH3 is 1. The SMILES string of the molecule is COc1ccc(S(=O)(=O)Nc2ccc(SC#N)cc2Br)cc1. The molecule has 0 unspecified atom stereocenters. The number of nitriles is 1. The highest BCUT2D eigenvalue weighted by Crippen LogP contribution is 2.30. The standard InChI is InChI=1S/C14H11BrN2O3S2/c1-20-10-2-5-12(6-3-10)22(18,19)17-14-7-4-11(21-9-16)8-13(14)15/h2-8,17H,1H3. The van der Waals surface area contributed by atoms with Crippen LogP contribution in [0.25, 0.3) is 0 Å². The number of hydrogen-bond acceptors (Lipinski definition) is 5. The van der Waals surface area contributed by atoms with E-state index in [2.05, 4.69) is 20.7 Å². The monoisotopic (exact) mass is 398 g/mol. The molecule has 0 fully saturated rings. The van der Waals surface area contributed by atoms with E-state index in [4.69, 9.17) is 10.00 Å². The Morgan fingerprint density at radius 2 is 1.91 bits per heavy atom. The summed E-state index contributed by atoms with van der Waals surface area (Å²) < 4.78 is 32.7. The number of anilines is 1. The summed E-state index contributed by atoms with van der Waals surface area (Å²) in [6.45, 7) is 0. The normalized spacial score (nSPS) is 10.8. The Bertz CT molecular complexity index is 815. The van der Waals surface area contributed by atoms with Gasteiger partial charge in [-0.2, -0.15) is 5.26 Å². The second-order valence-electron chi connectivity index (χ2n) is 4.12. The number of rotatable bonds is 5. The minimum atomic E-state index is -3.69. The molecule has 0 aliphatic rings. The molecule has 2 aromatic rings. The summed E-state index contributed by atoms with van der Waals surface area (Å²) in [7, 11) is -2.18. The lowest BCUT2D eigenvalue weighted by molar-refractivity contribution is 0.414. The van der Waals surface area contributed by atoms with Gasteiger partial charge in [0.05, 0.1) is 17.7 Å². The average Bonchev–Trinajstić information content (AvgIpc) is 2.50. The lowest BCUT2D eigenvalue weighted by Crippen LogP contribution is -2.13. The van der Waals surface area contributed by atoms with E-state index in [1.54, 1.807) is 30.3 Å². The first-order valence-electron chi connectivity index (χ1n) is 5.98. The molecule has 0 aromatic heterocycles. The second kappa shape index (κ2) is 7.05. The van der Waals surface area contributed by atoms with Crippen LogP contribution in [-0.2, 0) is 10.0 Å². The number of nitrogens with one attached hydrogen (secondary N) is 1. The van der Waals surface area contributed by atoms with Crippen molar-refractivity contribution in [2.75, 3.05) is 11.8 Å². The quantitative estimate of drug-likeness (QED) is 0.611. The van der Waals surface area contributed by atoms with Crippen molar-refractivity contribution in [3.63, 3.8) is 0 Å². The fourth-order valence-corrected chi connectivity index (χ4v) is 3.91. The minimum absolute atomic E-state index is 0.135. The summed E-state index contributed by atoms with van der Waals surface area (Å²) >= 11 is 4.30. The molecule has 0 aliphatic heterocycles. The van der Waals surface area contributed by atoms with E-state index in [9.17, 15) is 8.42 Å². The molecule has 0 heterocycles. The summed E-state index contributed by atoms with van der Waals surface area (Å²) in [5.74, 6) is 0.581. The molecule has 0 spiro atoms. The van der Waals surface area contributed by atoms with E-state index in [1.165, 1.54) is 19.2 Å². The van der Waals surface area contributed by atoms with E-state index in [-0.39, 0.29) is 4.90 Å². The first-order chi connectivity index (χ1) is 10.5. The maximum Gasteiger partial charge on any atom is 0.261 e. The molecule has 1 N–H and O–H groups in total. The van der Waals surface area contributed by atoms with Crippen molar-refractivity contribution in [2.45, 2.75) is 9.79 Å². The summed E-state index contributed by atoms with van der Waals surface area (Å²) in [6, 6.07) is 11.0. The third-order valence-electron chi connectivity index (χ3n) is 2.72. The maximum absolute atomic E-state index is 12.3. The largest absolute Gasteiger partial charge is 0.497 e. The zero-order valence-corrected chi connectivity index (χ0v) is 14.6. The van der Waals surface area contributed by atoms with Crippen molar-refractivity contribution in [2.24, 2.45) is 0 Å². The van der Waals surface area contributed by atoms with Crippen molar-refractivity contribution in [1.29, 1.82) is 5.26 Å². The molecule has 0 radical (unpaired) electrons. The first-order valence-corrected chi connectivity index (χ1v) is 9.08. The predicted molar refractivity (Wildman–Crippen MR) is 89.4 cm³/mol. The van der Waals surface area contributed by atoms with E-state index >= 15 is 0 Å². The molecule has 0 bridgehead atoms. The Labute approximate surface area is 141 Å². The summed E-state index contributed by atoms with van der Waals surface area (Å²) in [6.07, 6.45) is 0. The zero-order valence-electron chi connectivity index (χ0n) is 11.4. The molecule has 22 heavy (non-hydrogen) atoms. The van der Waals surface area contributed by atoms with Crippen LogP contribution in [0.5, 0.6) is 5.75 Å². The van der Waals surface area contributed by atoms with Gasteiger partial charge in [0.1, 0.15) is 11.2 Å². The summed E-state index contributed by atoms with van der Waals surface area (Å²) in [4.78, 5) is 0.859. The van der Waals surface area contributed by atoms with Crippen molar-refractivity contribution in [3.8, 4) is 11.2 Å². The Hall–Kier alpha value is -1.69. The highest BCUT2D eigenvalue weighted by molar-refractivity contribution is 9.10. The topological polar surface area (TPSA) is 79.2 Å². The van der Waals surface area contributed by atoms with Crippen LogP contribution in [0.2, 0.25) is 0 Å². The number of thiocyanates is 1. The lowest BCUT2D eigenvalue weighted by Gasteiger charge is -2.10. The Morgan fingerprint density at radius 1 is 1.23 bits per heavy atom. The molecule has 0 saturated carbocycles. The van der Waals surface area contributed by atoms with Crippen LogP contribution in [0, 0.1) is 10.7 Å². The minimum Gasteiger partial charge on any atom is -0.497 e. The van der Waals surface area contributed by atoms with Crippen LogP contribution in [-0.4, -0.2) is 15.5 Å². The Kier molecular flexibility index (Phi) is 5.34. The smallest absolute Gasteiger partial charge is 0.261 e. The van der Waals surface area contributed by atoms with Gasteiger partial charge in [0, 0.05) is 9.37 Å². The molecular formula is C14H11BrN2O3S2. The number of halogens is 1. The zero-order chi connectivity index (χ0) is 16.2. The average molecular weight is 399 g/mol. The molecule has 2 rings (SSSR count). The number of hydrogen-bond donors (Lipinski definition) is 1. The first kappa shape index (κ1) is 16.7. The molecule has 0 atom stereocenters. The van der Waals surface area contributed by atoms with Crippen LogP contribution in [0.4, 0.5) is 5.69 Å². The van der Waals surface area contributed by atoms with Crippen LogP contribution >= 0.6 is 27.7 Å². The third kappa shape index (κ3) is 3.94. The lowest BCUT2D eigenvalue weighted by atomic mass is 10.3. The van der Waals surface area contributed by atoms with E-state index < -0.39 is 10.0 Å². The predicted octanol–water partition coefficient (Wildman–Crippen LogP) is 3.83. The highest BCUT2D eigenvalue weighted by Gasteiger charge is 2.16. The Morgan fingerprint density at radius 3 is 2.45 bits per heavy atom. The fraction of sp³-hybridized carbons (Fsp3) is 0.0714. The molecule has 8 heteroatoms. The van der Waals surface area contributed by atoms with Gasteiger partial charge in [0.25, 0.3) is 10.0 Å². The molecule has 114 valence electrons. The number of thioether (sulfide) groups is 1. The van der Waals surface area contributed by atoms with Gasteiger partial charge in [-0.05, 0) is 70.2 Å². The van der Waals surface area contributed by atoms with Gasteiger partial charge in [0.2, 0.25) is 0 Å². The van der Waals surface area contributed by atoms with Gasteiger partial charge in [-0.15, -0.1) is 0 Å². The molecule has 0 saturated heterocycles. The number of benzene rings is 2. The van der Waals surface area contributed by atoms with Gasteiger partial charge < -0.3 is 4.74 Å². The van der Waals surface area contributed by atoms with Crippen molar-refractivity contribution in [1.82, 2.24) is 0 Å². The van der Waals surface area contributed by atoms with Crippen LogP contribution in [0.1, 0.15) is 0 Å². The van der Waals surface area contributed by atoms with E-state index in [0.717, 1.165) is 16.7 Å². The van der Waals surface area contributed by atoms with Crippen molar-refractivity contribution in [3.05, 3.63) is 46.9 Å². The number of ether oxygens (including phenoxy) is 1. The molecular weight excluding hydrogens is 388 g/mol. The van der Waals surface area contributed by atoms with Crippen molar-refractivity contribution < 1.29 is 13.2 Å². The van der Waals surface area contributed by atoms with Crippen LogP contribution < -0.4 is 9.46 Å². The van der Waals surface area contributed by atoms with Gasteiger partial charge in [-0.1, -0.05) is 0 Å². The van der Waals surface area contributed by atoms with Gasteiger partial charge in [0.15, 0.2) is 0 Å². The molecule has 0 amide bonds. The fourth-order valence-electron chi connectivity index (χ4n) is 1.65. The van der Waals surface area contributed by atoms with Gasteiger partial charge in [-0.3, -0.25) is 4.72 Å². The van der Waals surface area contributed by atoms with Crippen molar-refractivity contribution >= 4 is 43.4 Å². The maximum atomic E-state index is 12.3. The molecule has 2 aromatic carbocycles. The second-order valence-corrected chi connectivity index (χ2v) is 7.51. The van der Waals surface area contributed by atoms with E-state index in [0.29, 0.717) is 15.9 Å². The number of sulfonamides is 1. The molecule has 5 nitrogen and oxygen atoms in total. The van der Waals surface area contributed by atoms with Crippen LogP contribution in [0.3, 0.4) is 0 Å². The highest BCUT2D eigenvalue weighted by atomic mass is 79.9.